The Kier molecular flexibility index (Phi) is 9.23. The van der Waals surface area contributed by atoms with E-state index in [0.717, 1.165) is 17.7 Å². The summed E-state index contributed by atoms with van der Waals surface area (Å²) in [7, 11) is 3.13. The van der Waals surface area contributed by atoms with Gasteiger partial charge in [0, 0.05) is 32.7 Å². The zero-order valence-corrected chi connectivity index (χ0v) is 17.8. The normalized spacial score (nSPS) is 11.4. The topological polar surface area (TPSA) is 65.5 Å². The molecule has 9 heteroatoms. The van der Waals surface area contributed by atoms with Gasteiger partial charge in [0.15, 0.2) is 5.96 Å². The molecule has 1 amide bonds. The van der Waals surface area contributed by atoms with E-state index in [9.17, 15) is 18.0 Å². The Morgan fingerprint density at radius 2 is 1.57 bits per heavy atom. The summed E-state index contributed by atoms with van der Waals surface area (Å²) >= 11 is 0. The minimum Gasteiger partial charge on any atom is -0.355 e. The monoisotopic (exact) mass is 506 g/mol. The van der Waals surface area contributed by atoms with E-state index in [2.05, 4.69) is 20.9 Å². The van der Waals surface area contributed by atoms with Crippen molar-refractivity contribution >= 4 is 35.8 Å². The van der Waals surface area contributed by atoms with Gasteiger partial charge in [-0.3, -0.25) is 9.79 Å². The highest BCUT2D eigenvalue weighted by Crippen LogP contribution is 2.29. The number of hydrogen-bond donors (Lipinski definition) is 3. The van der Waals surface area contributed by atoms with Crippen molar-refractivity contribution in [2.24, 2.45) is 4.99 Å². The number of carbonyl (C=O) groups is 1. The summed E-state index contributed by atoms with van der Waals surface area (Å²) in [4.78, 5) is 15.7. The summed E-state index contributed by atoms with van der Waals surface area (Å²) in [6.45, 7) is 0.606. The number of carbonyl (C=O) groups excluding carboxylic acids is 1. The number of benzene rings is 2. The molecule has 5 nitrogen and oxygen atoms in total. The maximum absolute atomic E-state index is 12.8. The third kappa shape index (κ3) is 7.02. The first-order chi connectivity index (χ1) is 12.8. The van der Waals surface area contributed by atoms with Crippen molar-refractivity contribution in [3.63, 3.8) is 0 Å². The molecule has 0 saturated heterocycles. The first kappa shape index (κ1) is 23.7. The Balaban J connectivity index is 0.00000392. The number of halogens is 4. The van der Waals surface area contributed by atoms with E-state index in [0.29, 0.717) is 23.6 Å². The molecule has 0 aromatic heterocycles. The van der Waals surface area contributed by atoms with Gasteiger partial charge in [-0.25, -0.2) is 0 Å². The largest absolute Gasteiger partial charge is 0.416 e. The van der Waals surface area contributed by atoms with E-state index in [1.165, 1.54) is 6.07 Å². The van der Waals surface area contributed by atoms with Crippen LogP contribution < -0.4 is 16.0 Å². The van der Waals surface area contributed by atoms with Crippen LogP contribution in [0.3, 0.4) is 0 Å². The molecule has 0 fully saturated rings. The summed E-state index contributed by atoms with van der Waals surface area (Å²) in [6.07, 6.45) is -4.37. The molecule has 0 bridgehead atoms. The Morgan fingerprint density at radius 1 is 1.00 bits per heavy atom. The molecule has 152 valence electrons. The number of rotatable bonds is 5. The first-order valence-electron chi connectivity index (χ1n) is 8.25. The highest BCUT2D eigenvalue weighted by Gasteiger charge is 2.30. The second kappa shape index (κ2) is 10.9. The number of hydrogen-bond acceptors (Lipinski definition) is 2. The van der Waals surface area contributed by atoms with Crippen LogP contribution in [0.5, 0.6) is 0 Å². The highest BCUT2D eigenvalue weighted by molar-refractivity contribution is 14.0. The zero-order valence-electron chi connectivity index (χ0n) is 15.4. The van der Waals surface area contributed by atoms with Crippen molar-refractivity contribution in [1.82, 2.24) is 16.0 Å². The lowest BCUT2D eigenvalue weighted by molar-refractivity contribution is -0.137. The lowest BCUT2D eigenvalue weighted by Gasteiger charge is -2.13. The van der Waals surface area contributed by atoms with E-state index in [4.69, 9.17) is 0 Å². The van der Waals surface area contributed by atoms with Crippen LogP contribution in [-0.2, 0) is 19.3 Å². The van der Waals surface area contributed by atoms with Crippen molar-refractivity contribution in [3.05, 3.63) is 70.8 Å². The van der Waals surface area contributed by atoms with Gasteiger partial charge in [0.1, 0.15) is 0 Å². The third-order valence-corrected chi connectivity index (χ3v) is 3.81. The lowest BCUT2D eigenvalue weighted by atomic mass is 10.1. The van der Waals surface area contributed by atoms with Crippen molar-refractivity contribution in [1.29, 1.82) is 0 Å². The van der Waals surface area contributed by atoms with E-state index in [-0.39, 0.29) is 36.4 Å². The smallest absolute Gasteiger partial charge is 0.355 e. The summed E-state index contributed by atoms with van der Waals surface area (Å²) in [5.41, 5.74) is 1.23. The summed E-state index contributed by atoms with van der Waals surface area (Å²) in [6, 6.07) is 12.2. The van der Waals surface area contributed by atoms with Crippen molar-refractivity contribution in [3.8, 4) is 0 Å². The Hall–Kier alpha value is -2.30. The van der Waals surface area contributed by atoms with E-state index >= 15 is 0 Å². The Labute approximate surface area is 178 Å². The van der Waals surface area contributed by atoms with Gasteiger partial charge in [0.25, 0.3) is 5.91 Å². The quantitative estimate of drug-likeness (QED) is 0.330. The molecule has 3 N–H and O–H groups in total. The first-order valence-corrected chi connectivity index (χ1v) is 8.25. The predicted octanol–water partition coefficient (Wildman–Crippen LogP) is 3.55. The minimum atomic E-state index is -4.37. The zero-order chi connectivity index (χ0) is 19.9. The second-order valence-corrected chi connectivity index (χ2v) is 5.76. The molecule has 2 aromatic rings. The van der Waals surface area contributed by atoms with Gasteiger partial charge in [-0.1, -0.05) is 24.3 Å². The van der Waals surface area contributed by atoms with Gasteiger partial charge in [0.2, 0.25) is 0 Å². The van der Waals surface area contributed by atoms with E-state index in [1.54, 1.807) is 38.4 Å². The average molecular weight is 506 g/mol. The van der Waals surface area contributed by atoms with Crippen molar-refractivity contribution in [2.45, 2.75) is 19.3 Å². The predicted molar refractivity (Wildman–Crippen MR) is 114 cm³/mol. The van der Waals surface area contributed by atoms with Crippen LogP contribution >= 0.6 is 24.0 Å². The molecular formula is C19H22F3IN4O. The van der Waals surface area contributed by atoms with Crippen LogP contribution in [0, 0.1) is 0 Å². The highest BCUT2D eigenvalue weighted by atomic mass is 127. The molecule has 0 atom stereocenters. The van der Waals surface area contributed by atoms with E-state index < -0.39 is 11.7 Å². The number of guanidine groups is 1. The summed E-state index contributed by atoms with van der Waals surface area (Å²) in [5, 5.41) is 8.61. The van der Waals surface area contributed by atoms with Crippen LogP contribution in [0.4, 0.5) is 13.2 Å². The number of nitrogens with one attached hydrogen (secondary N) is 3. The maximum Gasteiger partial charge on any atom is 0.416 e. The number of nitrogens with zero attached hydrogens (tertiary/aromatic N) is 1. The van der Waals surface area contributed by atoms with Gasteiger partial charge in [-0.05, 0) is 35.4 Å². The van der Waals surface area contributed by atoms with Crippen LogP contribution in [0.2, 0.25) is 0 Å². The molecule has 0 aliphatic heterocycles. The minimum absolute atomic E-state index is 0. The van der Waals surface area contributed by atoms with Gasteiger partial charge in [0.05, 0.1) is 5.56 Å². The molecule has 2 rings (SSSR count). The maximum atomic E-state index is 12.8. The molecular weight excluding hydrogens is 484 g/mol. The number of amides is 1. The molecule has 0 aliphatic rings. The fourth-order valence-electron chi connectivity index (χ4n) is 2.42. The van der Waals surface area contributed by atoms with Gasteiger partial charge >= 0.3 is 6.18 Å². The van der Waals surface area contributed by atoms with Crippen LogP contribution in [0.15, 0.2) is 53.5 Å². The molecule has 0 spiro atoms. The van der Waals surface area contributed by atoms with Gasteiger partial charge < -0.3 is 16.0 Å². The molecule has 0 unspecified atom stereocenters. The third-order valence-electron chi connectivity index (χ3n) is 3.81. The van der Waals surface area contributed by atoms with Crippen LogP contribution in [0.1, 0.15) is 27.0 Å². The van der Waals surface area contributed by atoms with E-state index in [1.807, 2.05) is 6.07 Å². The summed E-state index contributed by atoms with van der Waals surface area (Å²) in [5.74, 6) is 0.265. The van der Waals surface area contributed by atoms with Crippen LogP contribution in [-0.4, -0.2) is 26.0 Å². The number of aliphatic imine (C=N–C) groups is 1. The molecule has 28 heavy (non-hydrogen) atoms. The summed E-state index contributed by atoms with van der Waals surface area (Å²) < 4.78 is 38.3. The second-order valence-electron chi connectivity index (χ2n) is 5.76. The lowest BCUT2D eigenvalue weighted by Crippen LogP contribution is -2.36. The Morgan fingerprint density at radius 3 is 2.11 bits per heavy atom. The standard InChI is InChI=1S/C19H21F3N4O.HI/c1-23-17(27)15-7-3-5-13(9-15)11-25-18(24-2)26-12-14-6-4-8-16(10-14)19(20,21)22;/h3-10H,11-12H2,1-2H3,(H,23,27)(H2,24,25,26);1H. The fraction of sp³-hybridized carbons (Fsp3) is 0.263. The molecule has 0 aliphatic carbocycles. The average Bonchev–Trinajstić information content (AvgIpc) is 2.67. The van der Waals surface area contributed by atoms with Gasteiger partial charge in [-0.2, -0.15) is 13.2 Å². The fourth-order valence-corrected chi connectivity index (χ4v) is 2.42. The number of alkyl halides is 3. The van der Waals surface area contributed by atoms with Crippen LogP contribution in [0.25, 0.3) is 0 Å². The molecule has 0 radical (unpaired) electrons. The SMILES string of the molecule is CN=C(NCc1cccc(C(=O)NC)c1)NCc1cccc(C(F)(F)F)c1.I. The Bertz CT molecular complexity index is 825. The molecule has 0 saturated carbocycles. The van der Waals surface area contributed by atoms with Crippen molar-refractivity contribution < 1.29 is 18.0 Å². The van der Waals surface area contributed by atoms with Crippen molar-refractivity contribution in [2.75, 3.05) is 14.1 Å². The van der Waals surface area contributed by atoms with Gasteiger partial charge in [-0.15, -0.1) is 24.0 Å². The molecule has 0 heterocycles. The molecule has 2 aromatic carbocycles.